The molecule has 1 heterocycles. The first-order chi connectivity index (χ1) is 11.3. The van der Waals surface area contributed by atoms with Crippen molar-refractivity contribution in [3.8, 4) is 0 Å². The molecule has 0 bridgehead atoms. The largest absolute Gasteiger partial charge is 0.361 e. The van der Waals surface area contributed by atoms with Gasteiger partial charge in [-0.1, -0.05) is 20.3 Å². The quantitative estimate of drug-likeness (QED) is 0.784. The zero-order chi connectivity index (χ0) is 15.8. The van der Waals surface area contributed by atoms with Gasteiger partial charge in [-0.3, -0.25) is 4.90 Å². The summed E-state index contributed by atoms with van der Waals surface area (Å²) in [4.78, 5) is 6.29. The van der Waals surface area contributed by atoms with E-state index in [0.29, 0.717) is 0 Å². The summed E-state index contributed by atoms with van der Waals surface area (Å²) in [5.41, 5.74) is 6.04. The highest BCUT2D eigenvalue weighted by Gasteiger charge is 2.31. The predicted molar refractivity (Wildman–Crippen MR) is 98.1 cm³/mol. The van der Waals surface area contributed by atoms with Crippen molar-refractivity contribution in [1.29, 1.82) is 0 Å². The second kappa shape index (κ2) is 6.32. The summed E-state index contributed by atoms with van der Waals surface area (Å²) >= 11 is 0. The number of aromatic nitrogens is 1. The van der Waals surface area contributed by atoms with Crippen LogP contribution in [0.3, 0.4) is 0 Å². The van der Waals surface area contributed by atoms with Crippen LogP contribution in [0.2, 0.25) is 0 Å². The van der Waals surface area contributed by atoms with Gasteiger partial charge in [-0.15, -0.1) is 0 Å². The number of hydrogen-bond donors (Lipinski definition) is 1. The van der Waals surface area contributed by atoms with Crippen LogP contribution in [0.4, 0.5) is 0 Å². The summed E-state index contributed by atoms with van der Waals surface area (Å²) in [6.45, 7) is 7.20. The molecule has 0 saturated heterocycles. The maximum Gasteiger partial charge on any atom is 0.0459 e. The molecule has 0 aliphatic heterocycles. The van der Waals surface area contributed by atoms with Crippen LogP contribution in [0.25, 0.3) is 10.9 Å². The van der Waals surface area contributed by atoms with E-state index in [0.717, 1.165) is 12.0 Å². The number of hydrogen-bond acceptors (Lipinski definition) is 1. The van der Waals surface area contributed by atoms with E-state index in [-0.39, 0.29) is 0 Å². The number of fused-ring (bicyclic) bond motifs is 2. The predicted octanol–water partition coefficient (Wildman–Crippen LogP) is 4.71. The van der Waals surface area contributed by atoms with E-state index < -0.39 is 0 Å². The summed E-state index contributed by atoms with van der Waals surface area (Å²) in [6.07, 6.45) is 11.3. The molecular weight excluding hydrogens is 280 g/mol. The Hall–Kier alpha value is -1.28. The van der Waals surface area contributed by atoms with E-state index in [4.69, 9.17) is 0 Å². The molecule has 1 fully saturated rings. The molecule has 1 unspecified atom stereocenters. The zero-order valence-corrected chi connectivity index (χ0v) is 14.7. The molecule has 2 aliphatic rings. The Morgan fingerprint density at radius 2 is 1.87 bits per heavy atom. The van der Waals surface area contributed by atoms with Gasteiger partial charge < -0.3 is 4.98 Å². The Labute approximate surface area is 140 Å². The zero-order valence-electron chi connectivity index (χ0n) is 14.7. The molecule has 1 atom stereocenters. The fraction of sp³-hybridized carbons (Fsp3) is 0.619. The summed E-state index contributed by atoms with van der Waals surface area (Å²) in [5, 5.41) is 1.47. The Morgan fingerprint density at radius 1 is 1.09 bits per heavy atom. The van der Waals surface area contributed by atoms with Gasteiger partial charge in [0.05, 0.1) is 0 Å². The van der Waals surface area contributed by atoms with Crippen molar-refractivity contribution < 1.29 is 0 Å². The van der Waals surface area contributed by atoms with Crippen molar-refractivity contribution in [2.75, 3.05) is 13.1 Å². The molecule has 2 aromatic rings. The minimum absolute atomic E-state index is 0.742. The van der Waals surface area contributed by atoms with Crippen LogP contribution in [-0.4, -0.2) is 29.0 Å². The number of aromatic amines is 1. The number of benzene rings is 1. The van der Waals surface area contributed by atoms with Gasteiger partial charge in [-0.05, 0) is 79.8 Å². The summed E-state index contributed by atoms with van der Waals surface area (Å²) in [6, 6.07) is 5.67. The average molecular weight is 310 g/mol. The fourth-order valence-corrected chi connectivity index (χ4v) is 4.35. The monoisotopic (exact) mass is 310 g/mol. The second-order valence-corrected chi connectivity index (χ2v) is 7.73. The van der Waals surface area contributed by atoms with Crippen molar-refractivity contribution in [3.63, 3.8) is 0 Å². The van der Waals surface area contributed by atoms with E-state index in [1.54, 1.807) is 11.1 Å². The van der Waals surface area contributed by atoms with Crippen LogP contribution >= 0.6 is 0 Å². The van der Waals surface area contributed by atoms with Crippen LogP contribution in [0.15, 0.2) is 18.3 Å². The van der Waals surface area contributed by atoms with Crippen molar-refractivity contribution in [2.24, 2.45) is 5.92 Å². The first kappa shape index (κ1) is 15.3. The molecule has 124 valence electrons. The normalized spacial score (nSPS) is 20.6. The van der Waals surface area contributed by atoms with Gasteiger partial charge in [0.25, 0.3) is 0 Å². The van der Waals surface area contributed by atoms with Gasteiger partial charge in [-0.25, -0.2) is 0 Å². The third kappa shape index (κ3) is 3.06. The number of rotatable bonds is 7. The molecule has 2 heteroatoms. The van der Waals surface area contributed by atoms with Crippen LogP contribution < -0.4 is 0 Å². The molecule has 0 radical (unpaired) electrons. The molecule has 2 aliphatic carbocycles. The molecule has 0 amide bonds. The third-order valence-corrected chi connectivity index (χ3v) is 5.73. The van der Waals surface area contributed by atoms with Gasteiger partial charge in [0.2, 0.25) is 0 Å². The number of aryl methyl sites for hydroxylation is 1. The Morgan fingerprint density at radius 3 is 2.57 bits per heavy atom. The van der Waals surface area contributed by atoms with Crippen molar-refractivity contribution >= 4 is 10.9 Å². The summed E-state index contributed by atoms with van der Waals surface area (Å²) < 4.78 is 0. The van der Waals surface area contributed by atoms with E-state index in [2.05, 4.69) is 42.1 Å². The highest BCUT2D eigenvalue weighted by molar-refractivity contribution is 5.85. The lowest BCUT2D eigenvalue weighted by molar-refractivity contribution is 0.193. The second-order valence-electron chi connectivity index (χ2n) is 7.73. The lowest BCUT2D eigenvalue weighted by Crippen LogP contribution is -2.38. The topological polar surface area (TPSA) is 19.0 Å². The maximum absolute atomic E-state index is 3.50. The molecule has 4 rings (SSSR count). The number of H-pyrrole nitrogens is 1. The van der Waals surface area contributed by atoms with Gasteiger partial charge in [0.15, 0.2) is 0 Å². The van der Waals surface area contributed by atoms with Gasteiger partial charge in [0.1, 0.15) is 0 Å². The number of nitrogens with zero attached hydrogens (tertiary/aromatic N) is 1. The van der Waals surface area contributed by atoms with E-state index >= 15 is 0 Å². The molecule has 1 aromatic carbocycles. The molecule has 2 nitrogen and oxygen atoms in total. The molecule has 1 aromatic heterocycles. The van der Waals surface area contributed by atoms with Crippen LogP contribution in [0.1, 0.15) is 56.2 Å². The molecule has 1 N–H and O–H groups in total. The van der Waals surface area contributed by atoms with Gasteiger partial charge in [-0.2, -0.15) is 0 Å². The fourth-order valence-electron chi connectivity index (χ4n) is 4.35. The van der Waals surface area contributed by atoms with E-state index in [9.17, 15) is 0 Å². The van der Waals surface area contributed by atoms with Crippen molar-refractivity contribution in [2.45, 2.75) is 64.8 Å². The first-order valence-electron chi connectivity index (χ1n) is 9.64. The number of nitrogens with one attached hydrogen (secondary N) is 1. The highest BCUT2D eigenvalue weighted by atomic mass is 15.2. The summed E-state index contributed by atoms with van der Waals surface area (Å²) in [5.74, 6) is 0.996. The van der Waals surface area contributed by atoms with E-state index in [1.165, 1.54) is 74.5 Å². The lowest BCUT2D eigenvalue weighted by atomic mass is 10.0. The van der Waals surface area contributed by atoms with Crippen molar-refractivity contribution in [3.05, 3.63) is 35.0 Å². The van der Waals surface area contributed by atoms with Crippen LogP contribution in [0.5, 0.6) is 0 Å². The maximum atomic E-state index is 3.50. The minimum Gasteiger partial charge on any atom is -0.361 e. The molecular formula is C21H30N2. The average Bonchev–Trinajstić information content (AvgIpc) is 3.14. The Balaban J connectivity index is 1.56. The smallest absolute Gasteiger partial charge is 0.0459 e. The molecule has 0 spiro atoms. The third-order valence-electron chi connectivity index (χ3n) is 5.73. The lowest BCUT2D eigenvalue weighted by Gasteiger charge is -2.28. The minimum atomic E-state index is 0.742. The van der Waals surface area contributed by atoms with Crippen molar-refractivity contribution in [1.82, 2.24) is 9.88 Å². The first-order valence-corrected chi connectivity index (χ1v) is 9.64. The van der Waals surface area contributed by atoms with Gasteiger partial charge >= 0.3 is 0 Å². The SMILES string of the molecule is CCCc1c[nH]c2cc3c(cc12)CC(N(CCC)CC1CC1)C3. The van der Waals surface area contributed by atoms with E-state index in [1.807, 2.05) is 0 Å². The standard InChI is InChI=1S/C21H30N2/c1-3-5-16-13-22-21-12-18-10-19(9-17(18)11-20(16)21)23(8-4-2)14-15-6-7-15/h11-13,15,19,22H,3-10,14H2,1-2H3. The van der Waals surface area contributed by atoms with Crippen LogP contribution in [0, 0.1) is 5.92 Å². The van der Waals surface area contributed by atoms with Gasteiger partial charge in [0, 0.05) is 29.7 Å². The highest BCUT2D eigenvalue weighted by Crippen LogP contribution is 2.35. The Bertz CT molecular complexity index is 680. The Kier molecular flexibility index (Phi) is 4.19. The summed E-state index contributed by atoms with van der Waals surface area (Å²) in [7, 11) is 0. The van der Waals surface area contributed by atoms with Crippen LogP contribution in [-0.2, 0) is 19.3 Å². The molecule has 23 heavy (non-hydrogen) atoms. The molecule has 1 saturated carbocycles.